The van der Waals surface area contributed by atoms with Gasteiger partial charge in [-0.1, -0.05) is 0 Å². The first-order valence-corrected chi connectivity index (χ1v) is 5.60. The monoisotopic (exact) mass is 176 g/mol. The first-order valence-electron chi connectivity index (χ1n) is 3.78. The lowest BCUT2D eigenvalue weighted by Gasteiger charge is -2.24. The third-order valence-corrected chi connectivity index (χ3v) is 3.87. The summed E-state index contributed by atoms with van der Waals surface area (Å²) in [6.07, 6.45) is 3.17. The highest BCUT2D eigenvalue weighted by Crippen LogP contribution is 2.22. The van der Waals surface area contributed by atoms with E-state index >= 15 is 0 Å². The van der Waals surface area contributed by atoms with Crippen molar-refractivity contribution in [3.8, 4) is 0 Å². The molecule has 64 valence electrons. The van der Waals surface area contributed by atoms with Crippen LogP contribution in [0, 0.1) is 5.92 Å². The predicted octanol–water partition coefficient (Wildman–Crippen LogP) is 0.400. The summed E-state index contributed by atoms with van der Waals surface area (Å²) in [6.45, 7) is 0. The summed E-state index contributed by atoms with van der Waals surface area (Å²) in [6, 6.07) is 0. The Bertz CT molecular complexity index is 218. The standard InChI is InChI=1S/C7H12O3S/c8-4-2-1-3-7-5-11(9,10)6-7/h4,7H,1-3,5-6H2. The Morgan fingerprint density at radius 1 is 1.36 bits per heavy atom. The van der Waals surface area contributed by atoms with Crippen LogP contribution in [-0.2, 0) is 14.6 Å². The summed E-state index contributed by atoms with van der Waals surface area (Å²) in [5.41, 5.74) is 0. The summed E-state index contributed by atoms with van der Waals surface area (Å²) in [7, 11) is -2.66. The lowest BCUT2D eigenvalue weighted by atomic mass is 10.1. The Kier molecular flexibility index (Phi) is 2.65. The lowest BCUT2D eigenvalue weighted by molar-refractivity contribution is -0.107. The van der Waals surface area contributed by atoms with Crippen molar-refractivity contribution in [3.05, 3.63) is 0 Å². The molecule has 4 heteroatoms. The zero-order valence-electron chi connectivity index (χ0n) is 6.32. The fourth-order valence-corrected chi connectivity index (χ4v) is 3.00. The van der Waals surface area contributed by atoms with Crippen molar-refractivity contribution in [2.45, 2.75) is 19.3 Å². The molecule has 1 fully saturated rings. The normalized spacial score (nSPS) is 22.5. The van der Waals surface area contributed by atoms with Gasteiger partial charge in [-0.25, -0.2) is 8.42 Å². The number of sulfone groups is 1. The minimum absolute atomic E-state index is 0.333. The van der Waals surface area contributed by atoms with Crippen LogP contribution in [0.2, 0.25) is 0 Å². The molecule has 0 aromatic heterocycles. The number of hydrogen-bond acceptors (Lipinski definition) is 3. The zero-order valence-corrected chi connectivity index (χ0v) is 7.14. The van der Waals surface area contributed by atoms with Gasteiger partial charge in [0.25, 0.3) is 0 Å². The van der Waals surface area contributed by atoms with Crippen LogP contribution in [-0.4, -0.2) is 26.2 Å². The van der Waals surface area contributed by atoms with Crippen molar-refractivity contribution in [2.24, 2.45) is 5.92 Å². The lowest BCUT2D eigenvalue weighted by Crippen LogP contribution is -2.35. The Labute approximate surface area is 66.7 Å². The average Bonchev–Trinajstić information content (AvgIpc) is 1.84. The molecule has 1 aliphatic rings. The minimum Gasteiger partial charge on any atom is -0.303 e. The molecule has 0 aromatic rings. The maximum absolute atomic E-state index is 10.7. The van der Waals surface area contributed by atoms with Gasteiger partial charge >= 0.3 is 0 Å². The van der Waals surface area contributed by atoms with Crippen LogP contribution in [0.3, 0.4) is 0 Å². The molecule has 3 nitrogen and oxygen atoms in total. The number of carbonyl (C=O) groups is 1. The molecule has 0 bridgehead atoms. The maximum Gasteiger partial charge on any atom is 0.150 e. The molecular formula is C7H12O3S. The molecule has 0 atom stereocenters. The topological polar surface area (TPSA) is 51.2 Å². The second kappa shape index (κ2) is 3.34. The first-order chi connectivity index (χ1) is 5.14. The van der Waals surface area contributed by atoms with E-state index in [0.717, 1.165) is 19.1 Å². The molecule has 1 saturated heterocycles. The van der Waals surface area contributed by atoms with Crippen LogP contribution in [0.25, 0.3) is 0 Å². The van der Waals surface area contributed by atoms with E-state index < -0.39 is 9.84 Å². The summed E-state index contributed by atoms with van der Waals surface area (Å²) >= 11 is 0. The van der Waals surface area contributed by atoms with E-state index in [9.17, 15) is 13.2 Å². The molecule has 0 amide bonds. The molecule has 1 rings (SSSR count). The van der Waals surface area contributed by atoms with E-state index in [1.807, 2.05) is 0 Å². The molecule has 11 heavy (non-hydrogen) atoms. The molecule has 0 aromatic carbocycles. The largest absolute Gasteiger partial charge is 0.303 e. The van der Waals surface area contributed by atoms with Gasteiger partial charge in [0.2, 0.25) is 0 Å². The number of carbonyl (C=O) groups excluding carboxylic acids is 1. The number of rotatable bonds is 4. The molecule has 0 unspecified atom stereocenters. The molecule has 0 radical (unpaired) electrons. The SMILES string of the molecule is O=CCCCC1CS(=O)(=O)C1. The molecule has 1 heterocycles. The van der Waals surface area contributed by atoms with Crippen LogP contribution in [0.5, 0.6) is 0 Å². The van der Waals surface area contributed by atoms with Crippen LogP contribution in [0.15, 0.2) is 0 Å². The van der Waals surface area contributed by atoms with Crippen molar-refractivity contribution in [1.82, 2.24) is 0 Å². The second-order valence-electron chi connectivity index (χ2n) is 3.04. The predicted molar refractivity (Wildman–Crippen MR) is 42.1 cm³/mol. The van der Waals surface area contributed by atoms with Crippen molar-refractivity contribution >= 4 is 16.1 Å². The number of hydrogen-bond donors (Lipinski definition) is 0. The Balaban J connectivity index is 2.09. The first kappa shape index (κ1) is 8.71. The highest BCUT2D eigenvalue weighted by atomic mass is 32.2. The molecule has 0 spiro atoms. The second-order valence-corrected chi connectivity index (χ2v) is 5.19. The number of aldehydes is 1. The van der Waals surface area contributed by atoms with Crippen molar-refractivity contribution in [1.29, 1.82) is 0 Å². The van der Waals surface area contributed by atoms with Gasteiger partial charge in [0.15, 0.2) is 9.84 Å². The van der Waals surface area contributed by atoms with Crippen molar-refractivity contribution in [2.75, 3.05) is 11.5 Å². The fourth-order valence-electron chi connectivity index (χ4n) is 1.33. The van der Waals surface area contributed by atoms with Crippen LogP contribution < -0.4 is 0 Å². The molecule has 0 aliphatic carbocycles. The Morgan fingerprint density at radius 2 is 2.00 bits per heavy atom. The van der Waals surface area contributed by atoms with Crippen molar-refractivity contribution in [3.63, 3.8) is 0 Å². The van der Waals surface area contributed by atoms with Gasteiger partial charge in [0.1, 0.15) is 6.29 Å². The van der Waals surface area contributed by atoms with Crippen LogP contribution in [0.4, 0.5) is 0 Å². The third kappa shape index (κ3) is 2.61. The molecule has 0 N–H and O–H groups in total. The van der Waals surface area contributed by atoms with Gasteiger partial charge in [-0.3, -0.25) is 0 Å². The highest BCUT2D eigenvalue weighted by molar-refractivity contribution is 7.92. The number of unbranched alkanes of at least 4 members (excludes halogenated alkanes) is 1. The minimum atomic E-state index is -2.66. The Hall–Kier alpha value is -0.380. The maximum atomic E-state index is 10.7. The van der Waals surface area contributed by atoms with E-state index in [1.54, 1.807) is 0 Å². The van der Waals surface area contributed by atoms with Gasteiger partial charge in [0.05, 0.1) is 11.5 Å². The third-order valence-electron chi connectivity index (χ3n) is 1.91. The summed E-state index contributed by atoms with van der Waals surface area (Å²) in [5.74, 6) is 1.01. The van der Waals surface area contributed by atoms with Crippen LogP contribution >= 0.6 is 0 Å². The van der Waals surface area contributed by atoms with Gasteiger partial charge in [-0.05, 0) is 18.8 Å². The van der Waals surface area contributed by atoms with E-state index in [4.69, 9.17) is 0 Å². The Morgan fingerprint density at radius 3 is 2.45 bits per heavy atom. The van der Waals surface area contributed by atoms with E-state index in [0.29, 0.717) is 23.8 Å². The quantitative estimate of drug-likeness (QED) is 0.460. The summed E-state index contributed by atoms with van der Waals surface area (Å²) < 4.78 is 21.3. The average molecular weight is 176 g/mol. The van der Waals surface area contributed by atoms with Crippen LogP contribution in [0.1, 0.15) is 19.3 Å². The zero-order chi connectivity index (χ0) is 8.32. The summed E-state index contributed by atoms with van der Waals surface area (Å²) in [5, 5.41) is 0. The highest BCUT2D eigenvalue weighted by Gasteiger charge is 2.32. The van der Waals surface area contributed by atoms with E-state index in [1.165, 1.54) is 0 Å². The van der Waals surface area contributed by atoms with Gasteiger partial charge in [-0.2, -0.15) is 0 Å². The molecule has 1 aliphatic heterocycles. The van der Waals surface area contributed by atoms with E-state index in [-0.39, 0.29) is 0 Å². The van der Waals surface area contributed by atoms with E-state index in [2.05, 4.69) is 0 Å². The smallest absolute Gasteiger partial charge is 0.150 e. The van der Waals surface area contributed by atoms with Gasteiger partial charge in [0, 0.05) is 6.42 Å². The fraction of sp³-hybridized carbons (Fsp3) is 0.857. The molecule has 0 saturated carbocycles. The molecular weight excluding hydrogens is 164 g/mol. The van der Waals surface area contributed by atoms with Crippen molar-refractivity contribution < 1.29 is 13.2 Å². The van der Waals surface area contributed by atoms with Gasteiger partial charge in [-0.15, -0.1) is 0 Å². The van der Waals surface area contributed by atoms with Gasteiger partial charge < -0.3 is 4.79 Å². The summed E-state index contributed by atoms with van der Waals surface area (Å²) in [4.78, 5) is 9.90.